The number of hydrogen-bond acceptors (Lipinski definition) is 2. The van der Waals surface area contributed by atoms with Gasteiger partial charge in [0.15, 0.2) is 0 Å². The van der Waals surface area contributed by atoms with E-state index in [4.69, 9.17) is 0 Å². The van der Waals surface area contributed by atoms with Crippen LogP contribution in [-0.2, 0) is 0 Å². The monoisotopic (exact) mass is 865 g/mol. The quantitative estimate of drug-likeness (QED) is 0.135. The second-order valence-corrected chi connectivity index (χ2v) is 24.0. The predicted octanol–water partition coefficient (Wildman–Crippen LogP) is 12.3. The maximum atomic E-state index is 9.49. The molecule has 0 amide bonds. The van der Waals surface area contributed by atoms with Crippen LogP contribution >= 0.6 is 0 Å². The zero-order valence-electron chi connectivity index (χ0n) is 34.5. The SMILES string of the molecule is N#Cc1ccc(-n2c3ccccc3c3cc(N(c4ccc(-c5cc[c]([Ge]([c]6ccccc6)([c]6ccccc6)[c]6ccccc6)cc5)cc4)c4ccc5ccccc5c4)ccc32)cc1. The second-order valence-electron chi connectivity index (χ2n) is 16.1. The van der Waals surface area contributed by atoms with Gasteiger partial charge in [0.25, 0.3) is 0 Å². The summed E-state index contributed by atoms with van der Waals surface area (Å²) in [5.74, 6) is 0. The molecule has 63 heavy (non-hydrogen) atoms. The Bertz CT molecular complexity index is 3330. The third-order valence-corrected chi connectivity index (χ3v) is 22.6. The smallest absolute Gasteiger partial charge is 0.0423 e. The van der Waals surface area contributed by atoms with Crippen molar-refractivity contribution >= 4 is 80.5 Å². The summed E-state index contributed by atoms with van der Waals surface area (Å²) < 4.78 is 7.94. The number of fused-ring (bicyclic) bond motifs is 4. The van der Waals surface area contributed by atoms with E-state index in [1.807, 2.05) is 24.3 Å². The van der Waals surface area contributed by atoms with Crippen LogP contribution in [0.25, 0.3) is 49.4 Å². The minimum atomic E-state index is -3.36. The van der Waals surface area contributed by atoms with Gasteiger partial charge >= 0.3 is 251 Å². The molecule has 3 nitrogen and oxygen atoms in total. The first-order chi connectivity index (χ1) is 31.2. The van der Waals surface area contributed by atoms with Crippen LogP contribution < -0.4 is 22.5 Å². The Hall–Kier alpha value is -7.91. The minimum absolute atomic E-state index is 0.648. The summed E-state index contributed by atoms with van der Waals surface area (Å²) in [6.07, 6.45) is 0. The van der Waals surface area contributed by atoms with Crippen molar-refractivity contribution in [1.82, 2.24) is 4.57 Å². The molecule has 0 saturated heterocycles. The van der Waals surface area contributed by atoms with Gasteiger partial charge in [0, 0.05) is 11.1 Å². The Morgan fingerprint density at radius 2 is 0.841 bits per heavy atom. The van der Waals surface area contributed by atoms with Crippen molar-refractivity contribution in [2.24, 2.45) is 0 Å². The fourth-order valence-electron chi connectivity index (χ4n) is 9.61. The Balaban J connectivity index is 1.01. The standard InChI is InChI=1S/C59H41GeN3/c61-42-43-24-33-53(34-25-43)63-58-23-13-12-22-56(58)57-41-55(38-39-59(57)63)62(54-37-30-44-14-10-11-15-47(44)40-54)52-35-28-46(29-36-52)45-26-31-51(32-27-45)60(48-16-4-1-5-17-48,49-18-6-2-7-19-49)50-20-8-3-9-21-50/h1-41H. The third-order valence-electron chi connectivity index (χ3n) is 12.6. The van der Waals surface area contributed by atoms with Crippen LogP contribution in [0, 0.1) is 11.3 Å². The number of nitrogens with zero attached hydrogens (tertiary/aromatic N) is 3. The van der Waals surface area contributed by atoms with Gasteiger partial charge in [0.1, 0.15) is 0 Å². The molecular formula is C59H41GeN3. The van der Waals surface area contributed by atoms with Gasteiger partial charge in [-0.1, -0.05) is 42.5 Å². The molecule has 11 aromatic rings. The molecule has 0 aliphatic rings. The zero-order chi connectivity index (χ0) is 42.2. The van der Waals surface area contributed by atoms with E-state index in [0.717, 1.165) is 39.2 Å². The molecule has 0 fully saturated rings. The summed E-state index contributed by atoms with van der Waals surface area (Å²) in [4.78, 5) is 2.37. The summed E-state index contributed by atoms with van der Waals surface area (Å²) in [5, 5.41) is 14.2. The molecule has 10 aromatic carbocycles. The van der Waals surface area contributed by atoms with Crippen LogP contribution in [0.4, 0.5) is 17.1 Å². The summed E-state index contributed by atoms with van der Waals surface area (Å²) >= 11 is -3.36. The number of nitriles is 1. The Labute approximate surface area is 370 Å². The molecular weight excluding hydrogens is 823 g/mol. The van der Waals surface area contributed by atoms with Crippen LogP contribution in [0.2, 0.25) is 0 Å². The van der Waals surface area contributed by atoms with Crippen molar-refractivity contribution in [3.63, 3.8) is 0 Å². The molecule has 1 aromatic heterocycles. The number of rotatable bonds is 9. The van der Waals surface area contributed by atoms with Gasteiger partial charge in [-0.3, -0.25) is 0 Å². The molecule has 0 aliphatic carbocycles. The first kappa shape index (κ1) is 38.0. The normalized spacial score (nSPS) is 11.5. The van der Waals surface area contributed by atoms with E-state index >= 15 is 0 Å². The van der Waals surface area contributed by atoms with Crippen LogP contribution in [0.3, 0.4) is 0 Å². The molecule has 296 valence electrons. The summed E-state index contributed by atoms with van der Waals surface area (Å²) in [5.41, 5.74) is 9.50. The summed E-state index contributed by atoms with van der Waals surface area (Å²) in [6, 6.07) is 92.7. The summed E-state index contributed by atoms with van der Waals surface area (Å²) in [6.45, 7) is 0. The zero-order valence-corrected chi connectivity index (χ0v) is 36.6. The van der Waals surface area contributed by atoms with Crippen LogP contribution in [-0.4, -0.2) is 17.8 Å². The van der Waals surface area contributed by atoms with Gasteiger partial charge in [-0.05, 0) is 35.7 Å². The van der Waals surface area contributed by atoms with E-state index < -0.39 is 13.3 Å². The molecule has 0 bridgehead atoms. The van der Waals surface area contributed by atoms with Crippen LogP contribution in [0.15, 0.2) is 249 Å². The van der Waals surface area contributed by atoms with E-state index in [1.165, 1.54) is 44.9 Å². The van der Waals surface area contributed by atoms with E-state index in [0.29, 0.717) is 5.56 Å². The number of benzene rings is 10. The van der Waals surface area contributed by atoms with Crippen molar-refractivity contribution in [2.45, 2.75) is 0 Å². The van der Waals surface area contributed by atoms with Crippen molar-refractivity contribution in [3.8, 4) is 22.9 Å². The fraction of sp³-hybridized carbons (Fsp3) is 0. The van der Waals surface area contributed by atoms with Gasteiger partial charge in [0.05, 0.1) is 22.7 Å². The number of aromatic nitrogens is 1. The molecule has 0 N–H and O–H groups in total. The van der Waals surface area contributed by atoms with Gasteiger partial charge in [-0.15, -0.1) is 0 Å². The first-order valence-corrected chi connectivity index (χ1v) is 25.6. The van der Waals surface area contributed by atoms with E-state index in [9.17, 15) is 5.26 Å². The molecule has 0 aliphatic heterocycles. The van der Waals surface area contributed by atoms with E-state index in [2.05, 4.69) is 240 Å². The average molecular weight is 865 g/mol. The molecule has 0 spiro atoms. The van der Waals surface area contributed by atoms with Crippen molar-refractivity contribution < 1.29 is 0 Å². The Morgan fingerprint density at radius 3 is 1.46 bits per heavy atom. The topological polar surface area (TPSA) is 32.0 Å². The number of anilines is 3. The maximum absolute atomic E-state index is 9.49. The van der Waals surface area contributed by atoms with E-state index in [-0.39, 0.29) is 0 Å². The fourth-order valence-corrected chi connectivity index (χ4v) is 19.6. The van der Waals surface area contributed by atoms with Gasteiger partial charge in [-0.25, -0.2) is 0 Å². The van der Waals surface area contributed by atoms with Crippen LogP contribution in [0.5, 0.6) is 0 Å². The van der Waals surface area contributed by atoms with Crippen molar-refractivity contribution in [1.29, 1.82) is 5.26 Å². The molecule has 0 unspecified atom stereocenters. The van der Waals surface area contributed by atoms with Crippen LogP contribution in [0.1, 0.15) is 5.56 Å². The number of hydrogen-bond donors (Lipinski definition) is 0. The average Bonchev–Trinajstić information content (AvgIpc) is 3.69. The van der Waals surface area contributed by atoms with Crippen molar-refractivity contribution in [2.75, 3.05) is 4.90 Å². The van der Waals surface area contributed by atoms with E-state index in [1.54, 1.807) is 0 Å². The number of para-hydroxylation sites is 1. The minimum Gasteiger partial charge on any atom is -0.0423 e. The Kier molecular flexibility index (Phi) is 9.77. The first-order valence-electron chi connectivity index (χ1n) is 21.4. The second kappa shape index (κ2) is 16.2. The Morgan fingerprint density at radius 1 is 0.365 bits per heavy atom. The van der Waals surface area contributed by atoms with Gasteiger partial charge < -0.3 is 4.57 Å². The van der Waals surface area contributed by atoms with Crippen molar-refractivity contribution in [3.05, 3.63) is 254 Å². The molecule has 0 atom stereocenters. The molecule has 1 heterocycles. The predicted molar refractivity (Wildman–Crippen MR) is 267 cm³/mol. The molecule has 4 heteroatoms. The molecule has 11 rings (SSSR count). The third kappa shape index (κ3) is 6.69. The molecule has 0 saturated carbocycles. The van der Waals surface area contributed by atoms with Gasteiger partial charge in [0.2, 0.25) is 0 Å². The van der Waals surface area contributed by atoms with Gasteiger partial charge in [-0.2, -0.15) is 5.26 Å². The molecule has 0 radical (unpaired) electrons. The summed E-state index contributed by atoms with van der Waals surface area (Å²) in [7, 11) is 0.